The Bertz CT molecular complexity index is 2490. The number of hydrogen-bond acceptors (Lipinski definition) is 11. The largest absolute Gasteiger partial charge is 0.493 e. The molecule has 0 aliphatic carbocycles. The van der Waals surface area contributed by atoms with Crippen LogP contribution >= 0.6 is 12.1 Å². The summed E-state index contributed by atoms with van der Waals surface area (Å²) in [4.78, 5) is 19.5. The van der Waals surface area contributed by atoms with Gasteiger partial charge in [0.15, 0.2) is 0 Å². The van der Waals surface area contributed by atoms with Crippen molar-refractivity contribution in [3.63, 3.8) is 0 Å². The molecule has 0 radical (unpaired) electrons. The summed E-state index contributed by atoms with van der Waals surface area (Å²) in [6, 6.07) is 29.4. The maximum absolute atomic E-state index is 14.6. The minimum Gasteiger partial charge on any atom is -0.493 e. The van der Waals surface area contributed by atoms with E-state index in [1.54, 1.807) is 12.1 Å². The molecule has 0 amide bonds. The van der Waals surface area contributed by atoms with E-state index < -0.39 is 5.60 Å². The van der Waals surface area contributed by atoms with Crippen LogP contribution in [-0.4, -0.2) is 119 Å². The van der Waals surface area contributed by atoms with Gasteiger partial charge in [0.1, 0.15) is 29.4 Å². The van der Waals surface area contributed by atoms with Gasteiger partial charge in [0, 0.05) is 112 Å². The minimum absolute atomic E-state index is 0.306. The molecule has 0 atom stereocenters. The van der Waals surface area contributed by atoms with Crippen LogP contribution in [0.25, 0.3) is 32.8 Å². The predicted molar refractivity (Wildman–Crippen MR) is 257 cm³/mol. The van der Waals surface area contributed by atoms with Crippen molar-refractivity contribution in [2.45, 2.75) is 59.3 Å². The summed E-state index contributed by atoms with van der Waals surface area (Å²) in [7, 11) is 6.17. The van der Waals surface area contributed by atoms with Gasteiger partial charge >= 0.3 is 5.97 Å². The third-order valence-corrected chi connectivity index (χ3v) is 12.8. The summed E-state index contributed by atoms with van der Waals surface area (Å²) in [5.74, 6) is 1.37. The number of benzene rings is 4. The lowest BCUT2D eigenvalue weighted by Gasteiger charge is -2.36. The zero-order chi connectivity index (χ0) is 44.1. The van der Waals surface area contributed by atoms with Crippen molar-refractivity contribution in [1.29, 1.82) is 0 Å². The average Bonchev–Trinajstić information content (AvgIpc) is 3.75. The summed E-state index contributed by atoms with van der Waals surface area (Å²) in [6.07, 6.45) is 1.36. The Morgan fingerprint density at radius 2 is 1.56 bits per heavy atom. The van der Waals surface area contributed by atoms with E-state index in [-0.39, 0.29) is 5.97 Å². The highest BCUT2D eigenvalue weighted by Gasteiger charge is 2.30. The molecule has 1 N–H and O–H groups in total. The molecule has 0 saturated carbocycles. The van der Waals surface area contributed by atoms with Crippen LogP contribution < -0.4 is 19.7 Å². The smallest absolute Gasteiger partial charge is 0.355 e. The molecule has 2 aliphatic rings. The number of aryl methyl sites for hydroxylation is 3. The number of carbonyl (C=O) groups is 1. The number of esters is 1. The quantitative estimate of drug-likeness (QED) is 0.0580. The summed E-state index contributed by atoms with van der Waals surface area (Å²) in [5, 5.41) is 11.7. The lowest BCUT2D eigenvalue weighted by molar-refractivity contribution is 0.00561. The van der Waals surface area contributed by atoms with Gasteiger partial charge in [0.25, 0.3) is 0 Å². The first-order valence-electron chi connectivity index (χ1n) is 22.5. The van der Waals surface area contributed by atoms with Crippen LogP contribution in [0.5, 0.6) is 11.5 Å². The summed E-state index contributed by atoms with van der Waals surface area (Å²) < 4.78 is 28.0. The number of fused-ring (bicyclic) bond motifs is 2. The molecule has 334 valence electrons. The van der Waals surface area contributed by atoms with Gasteiger partial charge in [0.2, 0.25) is 0 Å². The number of nitrogens with zero attached hydrogens (tertiary/aromatic N) is 7. The van der Waals surface area contributed by atoms with E-state index in [2.05, 4.69) is 110 Å². The van der Waals surface area contributed by atoms with Crippen molar-refractivity contribution < 1.29 is 19.0 Å². The van der Waals surface area contributed by atoms with Gasteiger partial charge in [-0.15, -0.1) is 0 Å². The summed E-state index contributed by atoms with van der Waals surface area (Å²) in [5.41, 5.74) is 7.09. The van der Waals surface area contributed by atoms with Crippen molar-refractivity contribution in [1.82, 2.24) is 33.2 Å². The molecule has 2 fully saturated rings. The van der Waals surface area contributed by atoms with E-state index in [0.717, 1.165) is 127 Å². The monoisotopic (exact) mass is 872 g/mol. The highest BCUT2D eigenvalue weighted by atomic mass is 32.2. The molecule has 63 heavy (non-hydrogen) atoms. The van der Waals surface area contributed by atoms with Gasteiger partial charge in [0.05, 0.1) is 23.5 Å². The van der Waals surface area contributed by atoms with Crippen molar-refractivity contribution in [3.8, 4) is 22.6 Å². The second-order valence-corrected chi connectivity index (χ2v) is 19.2. The van der Waals surface area contributed by atoms with Gasteiger partial charge in [-0.3, -0.25) is 9.58 Å². The third-order valence-electron chi connectivity index (χ3n) is 11.9. The molecule has 0 bridgehead atoms. The van der Waals surface area contributed by atoms with Gasteiger partial charge in [-0.1, -0.05) is 54.6 Å². The average molecular weight is 873 g/mol. The molecule has 2 aromatic heterocycles. The maximum atomic E-state index is 14.6. The summed E-state index contributed by atoms with van der Waals surface area (Å²) in [6.45, 7) is 18.0. The fraction of sp³-hybridized carbons (Fsp3) is 0.440. The topological polar surface area (TPSA) is 92.5 Å². The van der Waals surface area contributed by atoms with Gasteiger partial charge in [-0.05, 0) is 95.9 Å². The van der Waals surface area contributed by atoms with Crippen LogP contribution in [0.4, 0.5) is 5.69 Å². The zero-order valence-corrected chi connectivity index (χ0v) is 39.0. The van der Waals surface area contributed by atoms with Crippen molar-refractivity contribution in [3.05, 3.63) is 108 Å². The number of ether oxygens (including phenoxy) is 3. The second-order valence-electron chi connectivity index (χ2n) is 17.8. The first-order valence-corrected chi connectivity index (χ1v) is 23.2. The summed E-state index contributed by atoms with van der Waals surface area (Å²) >= 11 is 1.78. The normalized spacial score (nSPS) is 15.5. The Balaban J connectivity index is 1.11. The SMILES string of the molecule is Cc1nn(C)c(COc2ccc(N3CCN(SN(C)C)CC3)cc2)c1-c1cccc2c(CCCOc3cccc4ccccc34)c(C(=O)OC(C)(C)C)n(CCN3CCNCC3)c12. The molecule has 13 heteroatoms. The Labute approximate surface area is 377 Å². The van der Waals surface area contributed by atoms with E-state index in [9.17, 15) is 4.79 Å². The molecule has 8 rings (SSSR count). The Morgan fingerprint density at radius 3 is 2.30 bits per heavy atom. The second kappa shape index (κ2) is 19.8. The first kappa shape index (κ1) is 44.6. The number of hydrogen-bond donors (Lipinski definition) is 1. The van der Waals surface area contributed by atoms with E-state index in [4.69, 9.17) is 19.3 Å². The minimum atomic E-state index is -0.669. The van der Waals surface area contributed by atoms with Crippen molar-refractivity contribution in [2.24, 2.45) is 7.05 Å². The fourth-order valence-corrected chi connectivity index (χ4v) is 9.82. The van der Waals surface area contributed by atoms with Gasteiger partial charge in [-0.25, -0.2) is 13.4 Å². The molecule has 2 saturated heterocycles. The fourth-order valence-electron chi connectivity index (χ4n) is 9.03. The molecule has 4 aromatic carbocycles. The maximum Gasteiger partial charge on any atom is 0.355 e. The van der Waals surface area contributed by atoms with Crippen LogP contribution in [-0.2, 0) is 31.4 Å². The lowest BCUT2D eigenvalue weighted by Crippen LogP contribution is -2.44. The molecular weight excluding hydrogens is 809 g/mol. The number of para-hydroxylation sites is 1. The van der Waals surface area contributed by atoms with E-state index in [1.807, 2.05) is 56.8 Å². The Morgan fingerprint density at radius 1 is 0.841 bits per heavy atom. The zero-order valence-electron chi connectivity index (χ0n) is 38.2. The number of piperazine rings is 2. The highest BCUT2D eigenvalue weighted by molar-refractivity contribution is 7.94. The number of nitrogens with one attached hydrogen (secondary N) is 1. The predicted octanol–water partition coefficient (Wildman–Crippen LogP) is 8.20. The van der Waals surface area contributed by atoms with Crippen LogP contribution in [0, 0.1) is 6.92 Å². The molecular formula is C50H64N8O4S. The Kier molecular flexibility index (Phi) is 14.0. The molecule has 2 aliphatic heterocycles. The van der Waals surface area contributed by atoms with Crippen LogP contribution in [0.15, 0.2) is 84.9 Å². The number of carbonyl (C=O) groups excluding carboxylic acids is 1. The third kappa shape index (κ3) is 10.5. The molecule has 6 aromatic rings. The van der Waals surface area contributed by atoms with Crippen molar-refractivity contribution >= 4 is 45.5 Å². The lowest BCUT2D eigenvalue weighted by atomic mass is 9.98. The van der Waals surface area contributed by atoms with E-state index >= 15 is 0 Å². The number of aromatic nitrogens is 3. The van der Waals surface area contributed by atoms with Gasteiger partial charge < -0.3 is 29.0 Å². The number of anilines is 1. The molecule has 12 nitrogen and oxygen atoms in total. The van der Waals surface area contributed by atoms with Crippen molar-refractivity contribution in [2.75, 3.05) is 84.5 Å². The Hall–Kier alpha value is -5.05. The van der Waals surface area contributed by atoms with Crippen LogP contribution in [0.2, 0.25) is 0 Å². The van der Waals surface area contributed by atoms with E-state index in [1.165, 1.54) is 5.69 Å². The molecule has 4 heterocycles. The number of rotatable bonds is 16. The molecule has 0 spiro atoms. The standard InChI is InChI=1S/C50H64N8O4S/c1-36-46(44(54(7)52-36)35-61-39-22-20-38(21-23-39)56-29-31-57(32-30-56)63-53(5)6)43-17-11-16-41-42(18-12-34-60-45-19-10-14-37-13-8-9-15-40(37)45)48(49(59)62-50(2,3)4)58(47(41)43)33-28-55-26-24-51-25-27-55/h8-11,13-17,19-23,51H,12,18,24-35H2,1-7H3. The van der Waals surface area contributed by atoms with Gasteiger partial charge in [-0.2, -0.15) is 5.10 Å². The first-order chi connectivity index (χ1) is 30.4. The molecule has 0 unspecified atom stereocenters. The van der Waals surface area contributed by atoms with Crippen LogP contribution in [0.1, 0.15) is 54.6 Å². The highest BCUT2D eigenvalue weighted by Crippen LogP contribution is 2.39. The van der Waals surface area contributed by atoms with Crippen LogP contribution in [0.3, 0.4) is 0 Å². The van der Waals surface area contributed by atoms with E-state index in [0.29, 0.717) is 31.9 Å².